The average molecular weight is 603 g/mol. The molecule has 14 heteroatoms. The van der Waals surface area contributed by atoms with Crippen molar-refractivity contribution in [2.24, 2.45) is 0 Å². The number of rotatable bonds is 7. The van der Waals surface area contributed by atoms with Gasteiger partial charge < -0.3 is 25.2 Å². The van der Waals surface area contributed by atoms with Crippen molar-refractivity contribution in [3.8, 4) is 5.75 Å². The molecule has 2 N–H and O–H groups in total. The Bertz CT molecular complexity index is 1440. The van der Waals surface area contributed by atoms with Crippen LogP contribution in [0, 0.1) is 15.9 Å². The number of halogens is 4. The largest absolute Gasteiger partial charge is 0.489 e. The first-order valence-corrected chi connectivity index (χ1v) is 13.9. The van der Waals surface area contributed by atoms with Gasteiger partial charge in [-0.05, 0) is 62.1 Å². The zero-order valence-corrected chi connectivity index (χ0v) is 23.0. The van der Waals surface area contributed by atoms with Crippen molar-refractivity contribution >= 4 is 28.8 Å². The molecule has 0 unspecified atom stereocenters. The minimum absolute atomic E-state index is 0.0929. The maximum absolute atomic E-state index is 13.3. The highest BCUT2D eigenvalue weighted by Crippen LogP contribution is 2.38. The van der Waals surface area contributed by atoms with Crippen LogP contribution in [0.4, 0.5) is 45.1 Å². The fourth-order valence-electron chi connectivity index (χ4n) is 5.31. The van der Waals surface area contributed by atoms with Gasteiger partial charge in [-0.15, -0.1) is 0 Å². The third-order valence-corrected chi connectivity index (χ3v) is 7.57. The van der Waals surface area contributed by atoms with E-state index in [1.165, 1.54) is 30.3 Å². The van der Waals surface area contributed by atoms with E-state index in [4.69, 9.17) is 4.74 Å². The molecule has 228 valence electrons. The Morgan fingerprint density at radius 2 is 1.63 bits per heavy atom. The second-order valence-electron chi connectivity index (χ2n) is 10.5. The van der Waals surface area contributed by atoms with Crippen LogP contribution in [-0.2, 0) is 6.18 Å². The number of carbonyl (C=O) groups excluding carboxylic acids is 1. The van der Waals surface area contributed by atoms with E-state index in [9.17, 15) is 32.5 Å². The van der Waals surface area contributed by atoms with Crippen molar-refractivity contribution in [3.63, 3.8) is 0 Å². The first-order valence-electron chi connectivity index (χ1n) is 13.9. The van der Waals surface area contributed by atoms with Crippen LogP contribution in [0.3, 0.4) is 0 Å². The Hall–Kier alpha value is -4.62. The summed E-state index contributed by atoms with van der Waals surface area (Å²) in [5.41, 5.74) is -0.672. The van der Waals surface area contributed by atoms with Gasteiger partial charge >= 0.3 is 12.2 Å². The molecule has 5 rings (SSSR count). The molecule has 1 aliphatic heterocycles. The van der Waals surface area contributed by atoms with Gasteiger partial charge in [-0.1, -0.05) is 0 Å². The molecule has 2 amide bonds. The molecule has 1 saturated carbocycles. The Balaban J connectivity index is 1.10. The van der Waals surface area contributed by atoms with E-state index in [-0.39, 0.29) is 29.7 Å². The van der Waals surface area contributed by atoms with Crippen LogP contribution in [0.25, 0.3) is 0 Å². The topological polar surface area (TPSA) is 113 Å². The minimum Gasteiger partial charge on any atom is -0.489 e. The number of ether oxygens (including phenoxy) is 1. The Morgan fingerprint density at radius 3 is 2.28 bits per heavy atom. The van der Waals surface area contributed by atoms with Gasteiger partial charge in [0.25, 0.3) is 5.69 Å². The summed E-state index contributed by atoms with van der Waals surface area (Å²) in [6.07, 6.45) is 1.09. The van der Waals surface area contributed by atoms with Gasteiger partial charge in [0.05, 0.1) is 29.1 Å². The number of anilines is 3. The number of alkyl halides is 3. The average Bonchev–Trinajstić information content (AvgIpc) is 2.99. The predicted octanol–water partition coefficient (Wildman–Crippen LogP) is 6.30. The lowest BCUT2D eigenvalue weighted by molar-refractivity contribution is -0.388. The lowest BCUT2D eigenvalue weighted by Crippen LogP contribution is -2.50. The summed E-state index contributed by atoms with van der Waals surface area (Å²) in [4.78, 5) is 30.7. The zero-order chi connectivity index (χ0) is 30.6. The van der Waals surface area contributed by atoms with Crippen LogP contribution in [0.2, 0.25) is 0 Å². The van der Waals surface area contributed by atoms with E-state index in [2.05, 4.69) is 20.5 Å². The molecule has 1 aliphatic carbocycles. The monoisotopic (exact) mass is 602 g/mol. The molecule has 1 saturated heterocycles. The van der Waals surface area contributed by atoms with Crippen molar-refractivity contribution in [1.29, 1.82) is 0 Å². The quantitative estimate of drug-likeness (QED) is 0.185. The van der Waals surface area contributed by atoms with Crippen molar-refractivity contribution in [3.05, 3.63) is 82.4 Å². The molecule has 10 nitrogen and oxygen atoms in total. The summed E-state index contributed by atoms with van der Waals surface area (Å²) >= 11 is 0. The van der Waals surface area contributed by atoms with Gasteiger partial charge in [-0.3, -0.25) is 15.1 Å². The number of amides is 2. The van der Waals surface area contributed by atoms with Crippen LogP contribution >= 0.6 is 0 Å². The van der Waals surface area contributed by atoms with Crippen molar-refractivity contribution < 1.29 is 32.0 Å². The van der Waals surface area contributed by atoms with Gasteiger partial charge in [0.15, 0.2) is 0 Å². The number of benzene rings is 2. The molecule has 0 atom stereocenters. The molecule has 1 aromatic heterocycles. The number of nitro groups is 1. The maximum Gasteiger partial charge on any atom is 0.423 e. The molecule has 0 bridgehead atoms. The molecule has 43 heavy (non-hydrogen) atoms. The summed E-state index contributed by atoms with van der Waals surface area (Å²) in [6.45, 7) is 2.18. The van der Waals surface area contributed by atoms with Crippen LogP contribution in [0.1, 0.15) is 31.2 Å². The number of piperazine rings is 1. The third-order valence-electron chi connectivity index (χ3n) is 7.57. The SMILES string of the molecule is O=C(Nc1ccc(F)cc1)N1CCN(c2cncc(OC3CCC(Nc4ccc([N+](=O)[O-])c(C(F)(F)F)c4)CC3)c2)CC1. The fourth-order valence-corrected chi connectivity index (χ4v) is 5.31. The van der Waals surface area contributed by atoms with E-state index in [0.717, 1.165) is 17.8 Å². The number of pyridine rings is 1. The Kier molecular flexibility index (Phi) is 8.83. The van der Waals surface area contributed by atoms with E-state index >= 15 is 0 Å². The summed E-state index contributed by atoms with van der Waals surface area (Å²) in [5, 5.41) is 16.9. The number of hydrogen-bond acceptors (Lipinski definition) is 7. The smallest absolute Gasteiger partial charge is 0.423 e. The number of hydrogen-bond donors (Lipinski definition) is 2. The Morgan fingerprint density at radius 1 is 0.953 bits per heavy atom. The number of urea groups is 1. The second kappa shape index (κ2) is 12.7. The number of aromatic nitrogens is 1. The summed E-state index contributed by atoms with van der Waals surface area (Å²) < 4.78 is 59.3. The molecule has 0 spiro atoms. The van der Waals surface area contributed by atoms with Crippen LogP contribution < -0.4 is 20.3 Å². The highest BCUT2D eigenvalue weighted by atomic mass is 19.4. The maximum atomic E-state index is 13.3. The molecule has 0 radical (unpaired) electrons. The van der Waals surface area contributed by atoms with Crippen molar-refractivity contribution in [1.82, 2.24) is 9.88 Å². The fraction of sp³-hybridized carbons (Fsp3) is 0.379. The Labute approximate surface area is 244 Å². The second-order valence-corrected chi connectivity index (χ2v) is 10.5. The first kappa shape index (κ1) is 29.9. The molecule has 2 aliphatic rings. The van der Waals surface area contributed by atoms with E-state index in [1.54, 1.807) is 17.3 Å². The lowest BCUT2D eigenvalue weighted by Gasteiger charge is -2.36. The highest BCUT2D eigenvalue weighted by Gasteiger charge is 2.38. The van der Waals surface area contributed by atoms with E-state index < -0.39 is 22.4 Å². The summed E-state index contributed by atoms with van der Waals surface area (Å²) in [5.74, 6) is 0.234. The molecule has 2 heterocycles. The first-order chi connectivity index (χ1) is 20.5. The lowest BCUT2D eigenvalue weighted by atomic mass is 9.92. The van der Waals surface area contributed by atoms with Crippen LogP contribution in [-0.4, -0.2) is 59.2 Å². The number of nitrogens with one attached hydrogen (secondary N) is 2. The number of nitro benzene ring substituents is 1. The zero-order valence-electron chi connectivity index (χ0n) is 23.0. The molecular formula is C29H30F4N6O4. The number of carbonyl (C=O) groups is 1. The van der Waals surface area contributed by atoms with Crippen molar-refractivity contribution in [2.75, 3.05) is 41.7 Å². The molecule has 2 fully saturated rings. The van der Waals surface area contributed by atoms with Gasteiger partial charge in [-0.25, -0.2) is 9.18 Å². The van der Waals surface area contributed by atoms with E-state index in [0.29, 0.717) is 63.3 Å². The third kappa shape index (κ3) is 7.62. The summed E-state index contributed by atoms with van der Waals surface area (Å²) in [7, 11) is 0. The van der Waals surface area contributed by atoms with Crippen LogP contribution in [0.5, 0.6) is 5.75 Å². The van der Waals surface area contributed by atoms with Crippen LogP contribution in [0.15, 0.2) is 60.9 Å². The van der Waals surface area contributed by atoms with Gasteiger partial charge in [0.2, 0.25) is 0 Å². The normalized spacial score (nSPS) is 19.1. The summed E-state index contributed by atoms with van der Waals surface area (Å²) in [6, 6.07) is 10.1. The highest BCUT2D eigenvalue weighted by molar-refractivity contribution is 5.89. The van der Waals surface area contributed by atoms with Gasteiger partial charge in [-0.2, -0.15) is 13.2 Å². The molecule has 2 aromatic carbocycles. The minimum atomic E-state index is -4.83. The molecule has 3 aromatic rings. The predicted molar refractivity (Wildman–Crippen MR) is 152 cm³/mol. The number of nitrogens with zero attached hydrogens (tertiary/aromatic N) is 4. The van der Waals surface area contributed by atoms with Gasteiger partial charge in [0, 0.05) is 55.7 Å². The molecular weight excluding hydrogens is 572 g/mol. The standard InChI is InChI=1S/C29H30F4N6O4/c30-19-1-3-21(4-2-19)36-28(40)38-13-11-37(12-14-38)23-16-25(18-34-17-23)43-24-8-5-20(6-9-24)35-22-7-10-27(39(41)42)26(15-22)29(31,32)33/h1-4,7,10,15-18,20,24,35H,5-6,8-9,11-14H2,(H,36,40). The van der Waals surface area contributed by atoms with Crippen molar-refractivity contribution in [2.45, 2.75) is 44.0 Å². The van der Waals surface area contributed by atoms with Gasteiger partial charge in [0.1, 0.15) is 17.1 Å². The van der Waals surface area contributed by atoms with E-state index in [1.807, 2.05) is 6.07 Å².